The van der Waals surface area contributed by atoms with E-state index < -0.39 is 75.2 Å². The quantitative estimate of drug-likeness (QED) is 0.0205. The zero-order valence-corrected chi connectivity index (χ0v) is 42.3. The second-order valence-corrected chi connectivity index (χ2v) is 21.0. The van der Waals surface area contributed by atoms with E-state index in [2.05, 4.69) is 19.2 Å². The van der Waals surface area contributed by atoms with E-state index in [1.807, 2.05) is 0 Å². The summed E-state index contributed by atoms with van der Waals surface area (Å²) in [5, 5.41) is 74.9. The molecule has 0 spiro atoms. The number of phosphoric ester groups is 1. The molecule has 65 heavy (non-hydrogen) atoms. The predicted molar refractivity (Wildman–Crippen MR) is 261 cm³/mol. The molecule has 1 aliphatic rings. The van der Waals surface area contributed by atoms with Crippen molar-refractivity contribution in [3.8, 4) is 0 Å². The molecule has 1 rings (SSSR count). The molecular formula is C51H102NO12P. The molecule has 1 amide bonds. The van der Waals surface area contributed by atoms with Crippen LogP contribution in [0.25, 0.3) is 0 Å². The lowest BCUT2D eigenvalue weighted by Crippen LogP contribution is -2.64. The van der Waals surface area contributed by atoms with Crippen LogP contribution in [0.4, 0.5) is 0 Å². The highest BCUT2D eigenvalue weighted by atomic mass is 31.2. The van der Waals surface area contributed by atoms with Crippen LogP contribution in [0.15, 0.2) is 0 Å². The van der Waals surface area contributed by atoms with E-state index in [0.717, 1.165) is 51.4 Å². The Kier molecular flexibility index (Phi) is 39.4. The number of carbonyl (C=O) groups is 1. The lowest BCUT2D eigenvalue weighted by Gasteiger charge is -2.41. The molecule has 14 heteroatoms. The third kappa shape index (κ3) is 32.7. The van der Waals surface area contributed by atoms with E-state index in [0.29, 0.717) is 12.8 Å². The molecule has 0 bridgehead atoms. The number of nitrogens with one attached hydrogen (secondary N) is 1. The van der Waals surface area contributed by atoms with Crippen LogP contribution in [0, 0.1) is 0 Å². The van der Waals surface area contributed by atoms with Crippen molar-refractivity contribution in [1.29, 1.82) is 0 Å². The second-order valence-electron chi connectivity index (χ2n) is 19.6. The Bertz CT molecular complexity index is 1120. The topological polar surface area (TPSA) is 226 Å². The van der Waals surface area contributed by atoms with Crippen molar-refractivity contribution < 1.29 is 59.0 Å². The summed E-state index contributed by atoms with van der Waals surface area (Å²) in [5.41, 5.74) is 0. The standard InChI is InChI=1S/C51H102NO12P/c1-3-5-7-9-11-13-15-17-19-21-23-25-27-29-31-33-35-37-39-44(54)43(41-63-65(61,62)64-51-49(59)47(57)46(56)48(58)50(51)60)52-45(55)40-42(53)38-36-34-32-30-28-26-24-22-20-18-16-14-12-10-8-6-4-2/h42-44,46-51,53-54,56-60H,3-41H2,1-2H3,(H,52,55)(H,61,62). The minimum atomic E-state index is -5.12. The molecule has 8 unspecified atom stereocenters. The third-order valence-electron chi connectivity index (χ3n) is 13.5. The van der Waals surface area contributed by atoms with Crippen LogP contribution >= 0.6 is 7.82 Å². The summed E-state index contributed by atoms with van der Waals surface area (Å²) >= 11 is 0. The van der Waals surface area contributed by atoms with Gasteiger partial charge in [0.05, 0.1) is 31.3 Å². The first-order chi connectivity index (χ1) is 31.3. The lowest BCUT2D eigenvalue weighted by molar-refractivity contribution is -0.220. The molecule has 1 aliphatic carbocycles. The molecule has 0 aliphatic heterocycles. The summed E-state index contributed by atoms with van der Waals surface area (Å²) in [6, 6.07) is -1.15. The Hall–Kier alpha value is -0.700. The van der Waals surface area contributed by atoms with Crippen LogP contribution in [0.5, 0.6) is 0 Å². The summed E-state index contributed by atoms with van der Waals surface area (Å²) in [5.74, 6) is -0.554. The Labute approximate surface area is 396 Å². The molecule has 0 aromatic carbocycles. The van der Waals surface area contributed by atoms with Gasteiger partial charge < -0.3 is 46.0 Å². The van der Waals surface area contributed by atoms with E-state index >= 15 is 0 Å². The Morgan fingerprint density at radius 3 is 1.11 bits per heavy atom. The maximum absolute atomic E-state index is 13.1. The number of phosphoric acid groups is 1. The summed E-state index contributed by atoms with van der Waals surface area (Å²) in [6.45, 7) is 3.83. The smallest absolute Gasteiger partial charge is 0.393 e. The van der Waals surface area contributed by atoms with E-state index in [4.69, 9.17) is 9.05 Å². The van der Waals surface area contributed by atoms with E-state index in [9.17, 15) is 50.0 Å². The first-order valence-electron chi connectivity index (χ1n) is 27.1. The van der Waals surface area contributed by atoms with Gasteiger partial charge in [-0.1, -0.05) is 239 Å². The predicted octanol–water partition coefficient (Wildman–Crippen LogP) is 10.4. The lowest BCUT2D eigenvalue weighted by atomic mass is 9.85. The number of rotatable bonds is 46. The Morgan fingerprint density at radius 1 is 0.477 bits per heavy atom. The minimum absolute atomic E-state index is 0.215. The molecule has 9 N–H and O–H groups in total. The van der Waals surface area contributed by atoms with Crippen LogP contribution in [-0.4, -0.2) is 108 Å². The number of unbranched alkanes of at least 4 members (excludes halogenated alkanes) is 33. The van der Waals surface area contributed by atoms with Gasteiger partial charge in [0.2, 0.25) is 5.91 Å². The van der Waals surface area contributed by atoms with Crippen LogP contribution < -0.4 is 5.32 Å². The van der Waals surface area contributed by atoms with Crippen LogP contribution in [0.3, 0.4) is 0 Å². The molecule has 1 saturated carbocycles. The van der Waals surface area contributed by atoms with Crippen LogP contribution in [-0.2, 0) is 18.4 Å². The fourth-order valence-corrected chi connectivity index (χ4v) is 10.0. The van der Waals surface area contributed by atoms with Crippen molar-refractivity contribution in [1.82, 2.24) is 5.32 Å². The van der Waals surface area contributed by atoms with Crippen molar-refractivity contribution in [2.24, 2.45) is 0 Å². The van der Waals surface area contributed by atoms with Crippen molar-refractivity contribution in [3.05, 3.63) is 0 Å². The van der Waals surface area contributed by atoms with Crippen LogP contribution in [0.2, 0.25) is 0 Å². The van der Waals surface area contributed by atoms with Crippen molar-refractivity contribution >= 4 is 13.7 Å². The normalized spacial score (nSPS) is 22.4. The van der Waals surface area contributed by atoms with Crippen molar-refractivity contribution in [2.45, 2.75) is 313 Å². The van der Waals surface area contributed by atoms with Gasteiger partial charge in [-0.15, -0.1) is 0 Å². The number of amides is 1. The van der Waals surface area contributed by atoms with E-state index in [1.54, 1.807) is 0 Å². The van der Waals surface area contributed by atoms with Gasteiger partial charge in [0.25, 0.3) is 0 Å². The molecule has 13 nitrogen and oxygen atoms in total. The molecule has 0 aromatic heterocycles. The van der Waals surface area contributed by atoms with Gasteiger partial charge in [-0.25, -0.2) is 4.57 Å². The SMILES string of the molecule is CCCCCCCCCCCCCCCCCCCCC(O)C(COP(=O)(O)OC1C(O)C(O)C(O)C(O)C1O)NC(=O)CC(O)CCCCCCCCCCCCCCCCCCC. The molecule has 388 valence electrons. The summed E-state index contributed by atoms with van der Waals surface area (Å²) in [4.78, 5) is 23.6. The minimum Gasteiger partial charge on any atom is -0.393 e. The number of hydrogen-bond donors (Lipinski definition) is 9. The zero-order valence-electron chi connectivity index (χ0n) is 41.4. The molecule has 0 aromatic rings. The second kappa shape index (κ2) is 41.1. The highest BCUT2D eigenvalue weighted by Crippen LogP contribution is 2.47. The first-order valence-corrected chi connectivity index (χ1v) is 28.6. The molecule has 1 fully saturated rings. The van der Waals surface area contributed by atoms with E-state index in [-0.39, 0.29) is 12.8 Å². The largest absolute Gasteiger partial charge is 0.472 e. The van der Waals surface area contributed by atoms with Gasteiger partial charge in [0.1, 0.15) is 36.6 Å². The average molecular weight is 952 g/mol. The molecule has 0 radical (unpaired) electrons. The van der Waals surface area contributed by atoms with Gasteiger partial charge >= 0.3 is 7.82 Å². The van der Waals surface area contributed by atoms with Crippen molar-refractivity contribution in [3.63, 3.8) is 0 Å². The van der Waals surface area contributed by atoms with Gasteiger partial charge in [0.15, 0.2) is 0 Å². The molecule has 8 atom stereocenters. The summed E-state index contributed by atoms with van der Waals surface area (Å²) in [7, 11) is -5.12. The van der Waals surface area contributed by atoms with Gasteiger partial charge in [-0.3, -0.25) is 13.8 Å². The summed E-state index contributed by atoms with van der Waals surface area (Å²) < 4.78 is 23.0. The maximum atomic E-state index is 13.1. The maximum Gasteiger partial charge on any atom is 0.472 e. The molecule has 0 heterocycles. The number of aliphatic hydroxyl groups is 7. The highest BCUT2D eigenvalue weighted by Gasteiger charge is 2.51. The highest BCUT2D eigenvalue weighted by molar-refractivity contribution is 7.47. The van der Waals surface area contributed by atoms with Crippen LogP contribution in [0.1, 0.15) is 258 Å². The number of carbonyl (C=O) groups excluding carboxylic acids is 1. The summed E-state index contributed by atoms with van der Waals surface area (Å²) in [6.07, 6.45) is 30.0. The first kappa shape index (κ1) is 62.3. The third-order valence-corrected chi connectivity index (χ3v) is 14.5. The van der Waals surface area contributed by atoms with E-state index in [1.165, 1.54) is 167 Å². The number of aliphatic hydroxyl groups excluding tert-OH is 7. The Balaban J connectivity index is 2.43. The fraction of sp³-hybridized carbons (Fsp3) is 0.980. The van der Waals surface area contributed by atoms with Gasteiger partial charge in [0, 0.05) is 0 Å². The molecular weight excluding hydrogens is 850 g/mol. The Morgan fingerprint density at radius 2 is 0.769 bits per heavy atom. The number of hydrogen-bond acceptors (Lipinski definition) is 11. The monoisotopic (exact) mass is 952 g/mol. The molecule has 0 saturated heterocycles. The zero-order chi connectivity index (χ0) is 48.0. The fourth-order valence-electron chi connectivity index (χ4n) is 9.07. The van der Waals surface area contributed by atoms with Gasteiger partial charge in [-0.2, -0.15) is 0 Å². The van der Waals surface area contributed by atoms with Gasteiger partial charge in [-0.05, 0) is 12.8 Å². The average Bonchev–Trinajstić information content (AvgIpc) is 3.28. The van der Waals surface area contributed by atoms with Crippen molar-refractivity contribution in [2.75, 3.05) is 6.61 Å².